The highest BCUT2D eigenvalue weighted by molar-refractivity contribution is 6.30. The number of amides is 1. The molecule has 4 nitrogen and oxygen atoms in total. The third-order valence-corrected chi connectivity index (χ3v) is 3.39. The van der Waals surface area contributed by atoms with Crippen molar-refractivity contribution in [2.75, 3.05) is 13.6 Å². The molecule has 0 unspecified atom stereocenters. The molecule has 2 heterocycles. The Labute approximate surface area is 118 Å². The second-order valence-electron chi connectivity index (χ2n) is 4.70. The van der Waals surface area contributed by atoms with Crippen molar-refractivity contribution in [2.24, 2.45) is 0 Å². The van der Waals surface area contributed by atoms with Gasteiger partial charge in [0, 0.05) is 30.9 Å². The monoisotopic (exact) mass is 279 g/mol. The van der Waals surface area contributed by atoms with E-state index in [0.29, 0.717) is 16.4 Å². The molecule has 0 saturated heterocycles. The van der Waals surface area contributed by atoms with Gasteiger partial charge in [0.15, 0.2) is 0 Å². The summed E-state index contributed by atoms with van der Waals surface area (Å²) in [5.74, 6) is 0.000715. The molecule has 0 aliphatic heterocycles. The summed E-state index contributed by atoms with van der Waals surface area (Å²) in [7, 11) is 1.83. The average Bonchev–Trinajstić information content (AvgIpc) is 2.70. The van der Waals surface area contributed by atoms with E-state index in [1.165, 1.54) is 0 Å². The first-order chi connectivity index (χ1) is 9.04. The predicted molar refractivity (Wildman–Crippen MR) is 76.8 cm³/mol. The van der Waals surface area contributed by atoms with Gasteiger partial charge in [0.1, 0.15) is 11.3 Å². The zero-order valence-electron chi connectivity index (χ0n) is 11.5. The molecule has 1 amide bonds. The molecule has 0 aromatic carbocycles. The van der Waals surface area contributed by atoms with E-state index in [2.05, 4.69) is 11.9 Å². The third kappa shape index (κ3) is 2.73. The van der Waals surface area contributed by atoms with Crippen LogP contribution in [0, 0.1) is 6.92 Å². The van der Waals surface area contributed by atoms with Gasteiger partial charge < -0.3 is 4.90 Å². The fourth-order valence-electron chi connectivity index (χ4n) is 2.07. The highest BCUT2D eigenvalue weighted by Crippen LogP contribution is 2.17. The van der Waals surface area contributed by atoms with Crippen molar-refractivity contribution in [3.63, 3.8) is 0 Å². The number of carbonyl (C=O) groups excluding carboxylic acids is 1. The van der Waals surface area contributed by atoms with Crippen LogP contribution in [0.2, 0.25) is 5.02 Å². The SMILES string of the molecule is CCCCN(C)C(=O)c1c(C)nc2cc(Cl)ccn12. The van der Waals surface area contributed by atoms with Gasteiger partial charge in [-0.3, -0.25) is 9.20 Å². The Balaban J connectivity index is 2.39. The molecule has 0 spiro atoms. The molecule has 0 atom stereocenters. The molecule has 2 rings (SSSR count). The summed E-state index contributed by atoms with van der Waals surface area (Å²) in [4.78, 5) is 18.6. The summed E-state index contributed by atoms with van der Waals surface area (Å²) >= 11 is 5.94. The van der Waals surface area contributed by atoms with Crippen LogP contribution in [0.25, 0.3) is 5.65 Å². The van der Waals surface area contributed by atoms with Crippen molar-refractivity contribution < 1.29 is 4.79 Å². The minimum Gasteiger partial charge on any atom is -0.340 e. The molecule has 0 N–H and O–H groups in total. The number of rotatable bonds is 4. The maximum absolute atomic E-state index is 12.5. The zero-order valence-corrected chi connectivity index (χ0v) is 12.2. The summed E-state index contributed by atoms with van der Waals surface area (Å²) in [6, 6.07) is 3.52. The number of hydrogen-bond donors (Lipinski definition) is 0. The van der Waals surface area contributed by atoms with Crippen molar-refractivity contribution in [3.8, 4) is 0 Å². The molecule has 0 saturated carbocycles. The van der Waals surface area contributed by atoms with Gasteiger partial charge in [0.25, 0.3) is 5.91 Å². The Kier molecular flexibility index (Phi) is 4.10. The van der Waals surface area contributed by atoms with Gasteiger partial charge in [-0.05, 0) is 19.4 Å². The van der Waals surface area contributed by atoms with E-state index in [1.807, 2.05) is 14.0 Å². The molecular weight excluding hydrogens is 262 g/mol. The summed E-state index contributed by atoms with van der Waals surface area (Å²) in [6.07, 6.45) is 3.86. The number of nitrogens with zero attached hydrogens (tertiary/aromatic N) is 3. The third-order valence-electron chi connectivity index (χ3n) is 3.16. The highest BCUT2D eigenvalue weighted by Gasteiger charge is 2.19. The zero-order chi connectivity index (χ0) is 14.0. The molecule has 0 aliphatic carbocycles. The first-order valence-corrected chi connectivity index (χ1v) is 6.82. The van der Waals surface area contributed by atoms with E-state index in [-0.39, 0.29) is 5.91 Å². The van der Waals surface area contributed by atoms with E-state index in [9.17, 15) is 4.79 Å². The molecule has 0 radical (unpaired) electrons. The van der Waals surface area contributed by atoms with Crippen LogP contribution in [0.15, 0.2) is 18.3 Å². The number of halogens is 1. The minimum absolute atomic E-state index is 0.000715. The maximum Gasteiger partial charge on any atom is 0.272 e. The standard InChI is InChI=1S/C14H18ClN3O/c1-4-5-7-17(3)14(19)13-10(2)16-12-9-11(15)6-8-18(12)13/h6,8-9H,4-5,7H2,1-3H3. The molecule has 0 bridgehead atoms. The number of aromatic nitrogens is 2. The molecule has 19 heavy (non-hydrogen) atoms. The van der Waals surface area contributed by atoms with Crippen molar-refractivity contribution >= 4 is 23.2 Å². The molecule has 0 fully saturated rings. The average molecular weight is 280 g/mol. The molecular formula is C14H18ClN3O. The van der Waals surface area contributed by atoms with Crippen LogP contribution in [0.4, 0.5) is 0 Å². The summed E-state index contributed by atoms with van der Waals surface area (Å²) in [5, 5.41) is 0.621. The van der Waals surface area contributed by atoms with E-state index in [4.69, 9.17) is 11.6 Å². The number of aryl methyl sites for hydroxylation is 1. The van der Waals surface area contributed by atoms with Crippen molar-refractivity contribution in [1.82, 2.24) is 14.3 Å². The fraction of sp³-hybridized carbons (Fsp3) is 0.429. The normalized spacial score (nSPS) is 10.9. The lowest BCUT2D eigenvalue weighted by atomic mass is 10.2. The van der Waals surface area contributed by atoms with Crippen molar-refractivity contribution in [2.45, 2.75) is 26.7 Å². The van der Waals surface area contributed by atoms with Gasteiger partial charge in [-0.15, -0.1) is 0 Å². The van der Waals surface area contributed by atoms with E-state index in [0.717, 1.165) is 25.1 Å². The number of carbonyl (C=O) groups is 1. The van der Waals surface area contributed by atoms with E-state index in [1.54, 1.807) is 27.6 Å². The van der Waals surface area contributed by atoms with Gasteiger partial charge >= 0.3 is 0 Å². The summed E-state index contributed by atoms with van der Waals surface area (Å²) < 4.78 is 1.80. The van der Waals surface area contributed by atoms with Crippen LogP contribution in [-0.2, 0) is 0 Å². The Bertz CT molecular complexity index is 606. The molecule has 102 valence electrons. The number of imidazole rings is 1. The van der Waals surface area contributed by atoms with Crippen LogP contribution in [-0.4, -0.2) is 33.8 Å². The largest absolute Gasteiger partial charge is 0.340 e. The number of unbranched alkanes of at least 4 members (excludes halogenated alkanes) is 1. The summed E-state index contributed by atoms with van der Waals surface area (Å²) in [6.45, 7) is 4.72. The second-order valence-corrected chi connectivity index (χ2v) is 5.14. The van der Waals surface area contributed by atoms with E-state index < -0.39 is 0 Å². The Morgan fingerprint density at radius 1 is 1.53 bits per heavy atom. The van der Waals surface area contributed by atoms with Gasteiger partial charge in [-0.25, -0.2) is 4.98 Å². The Morgan fingerprint density at radius 3 is 2.95 bits per heavy atom. The van der Waals surface area contributed by atoms with Crippen LogP contribution in [0.5, 0.6) is 0 Å². The molecule has 5 heteroatoms. The lowest BCUT2D eigenvalue weighted by Gasteiger charge is -2.16. The van der Waals surface area contributed by atoms with Crippen LogP contribution >= 0.6 is 11.6 Å². The van der Waals surface area contributed by atoms with Crippen molar-refractivity contribution in [1.29, 1.82) is 0 Å². The molecule has 0 aliphatic rings. The lowest BCUT2D eigenvalue weighted by Crippen LogP contribution is -2.29. The van der Waals surface area contributed by atoms with Gasteiger partial charge in [0.2, 0.25) is 0 Å². The van der Waals surface area contributed by atoms with Crippen LogP contribution < -0.4 is 0 Å². The highest BCUT2D eigenvalue weighted by atomic mass is 35.5. The van der Waals surface area contributed by atoms with Gasteiger partial charge in [-0.2, -0.15) is 0 Å². The van der Waals surface area contributed by atoms with Crippen LogP contribution in [0.3, 0.4) is 0 Å². The van der Waals surface area contributed by atoms with Gasteiger partial charge in [0.05, 0.1) is 5.69 Å². The summed E-state index contributed by atoms with van der Waals surface area (Å²) in [5.41, 5.74) is 2.05. The minimum atomic E-state index is 0.000715. The van der Waals surface area contributed by atoms with Gasteiger partial charge in [-0.1, -0.05) is 24.9 Å². The Hall–Kier alpha value is -1.55. The topological polar surface area (TPSA) is 37.6 Å². The maximum atomic E-state index is 12.5. The predicted octanol–water partition coefficient (Wildman–Crippen LogP) is 3.17. The van der Waals surface area contributed by atoms with Crippen molar-refractivity contribution in [3.05, 3.63) is 34.7 Å². The lowest BCUT2D eigenvalue weighted by molar-refractivity contribution is 0.0785. The Morgan fingerprint density at radius 2 is 2.26 bits per heavy atom. The first kappa shape index (κ1) is 13.9. The fourth-order valence-corrected chi connectivity index (χ4v) is 2.23. The number of hydrogen-bond acceptors (Lipinski definition) is 2. The smallest absolute Gasteiger partial charge is 0.272 e. The number of fused-ring (bicyclic) bond motifs is 1. The van der Waals surface area contributed by atoms with E-state index >= 15 is 0 Å². The first-order valence-electron chi connectivity index (χ1n) is 6.44. The quantitative estimate of drug-likeness (QED) is 0.862. The number of pyridine rings is 1. The molecule has 2 aromatic heterocycles. The van der Waals surface area contributed by atoms with Crippen LogP contribution in [0.1, 0.15) is 35.9 Å². The molecule has 2 aromatic rings. The second kappa shape index (κ2) is 5.61.